The number of hydrogen-bond acceptors (Lipinski definition) is 1. The summed E-state index contributed by atoms with van der Waals surface area (Å²) in [5, 5.41) is 3.34. The van der Waals surface area contributed by atoms with E-state index >= 15 is 0 Å². The lowest BCUT2D eigenvalue weighted by molar-refractivity contribution is 0.381. The van der Waals surface area contributed by atoms with E-state index in [0.717, 1.165) is 29.5 Å². The molecule has 0 heterocycles. The summed E-state index contributed by atoms with van der Waals surface area (Å²) in [7, 11) is 0. The molecule has 0 amide bonds. The molecular formula is C13H19BrFN. The number of halogens is 2. The molecule has 0 aliphatic carbocycles. The Morgan fingerprint density at radius 2 is 2.00 bits per heavy atom. The molecule has 0 aliphatic heterocycles. The first-order valence-corrected chi connectivity index (χ1v) is 6.32. The molecule has 0 bridgehead atoms. The fourth-order valence-electron chi connectivity index (χ4n) is 1.42. The molecule has 1 N–H and O–H groups in total. The molecule has 0 fully saturated rings. The summed E-state index contributed by atoms with van der Waals surface area (Å²) in [6.45, 7) is 8.30. The van der Waals surface area contributed by atoms with Crippen LogP contribution in [0.1, 0.15) is 26.3 Å². The zero-order valence-electron chi connectivity index (χ0n) is 10.1. The Morgan fingerprint density at radius 1 is 1.31 bits per heavy atom. The number of benzene rings is 1. The monoisotopic (exact) mass is 287 g/mol. The molecule has 0 atom stereocenters. The van der Waals surface area contributed by atoms with Crippen LogP contribution in [0.2, 0.25) is 0 Å². The summed E-state index contributed by atoms with van der Waals surface area (Å²) in [4.78, 5) is 0. The molecule has 16 heavy (non-hydrogen) atoms. The van der Waals surface area contributed by atoms with Crippen molar-refractivity contribution in [3.63, 3.8) is 0 Å². The van der Waals surface area contributed by atoms with Crippen molar-refractivity contribution in [2.45, 2.75) is 27.2 Å². The summed E-state index contributed by atoms with van der Waals surface area (Å²) in [5.74, 6) is -0.124. The lowest BCUT2D eigenvalue weighted by Gasteiger charge is -2.18. The van der Waals surface area contributed by atoms with Crippen molar-refractivity contribution < 1.29 is 4.39 Å². The van der Waals surface area contributed by atoms with Crippen molar-refractivity contribution in [1.29, 1.82) is 0 Å². The summed E-state index contributed by atoms with van der Waals surface area (Å²) in [5.41, 5.74) is 1.03. The highest BCUT2D eigenvalue weighted by atomic mass is 79.9. The largest absolute Gasteiger partial charge is 0.316 e. The molecule has 90 valence electrons. The van der Waals surface area contributed by atoms with Gasteiger partial charge in [-0.15, -0.1) is 0 Å². The van der Waals surface area contributed by atoms with E-state index in [1.54, 1.807) is 6.07 Å². The van der Waals surface area contributed by atoms with Gasteiger partial charge in [-0.05, 0) is 42.1 Å². The maximum absolute atomic E-state index is 13.4. The fourth-order valence-corrected chi connectivity index (χ4v) is 1.83. The van der Waals surface area contributed by atoms with Crippen LogP contribution in [0, 0.1) is 11.2 Å². The van der Waals surface area contributed by atoms with Crippen LogP contribution in [0.5, 0.6) is 0 Å². The maximum atomic E-state index is 13.4. The number of hydrogen-bond donors (Lipinski definition) is 1. The van der Waals surface area contributed by atoms with Crippen LogP contribution in [-0.2, 0) is 6.42 Å². The van der Waals surface area contributed by atoms with E-state index in [0.29, 0.717) is 0 Å². The minimum atomic E-state index is -0.124. The predicted octanol–water partition coefficient (Wildman–Crippen LogP) is 3.77. The Kier molecular flexibility index (Phi) is 4.93. The quantitative estimate of drug-likeness (QED) is 0.832. The minimum absolute atomic E-state index is 0.124. The number of nitrogens with one attached hydrogen (secondary N) is 1. The molecule has 0 saturated heterocycles. The smallest absolute Gasteiger partial charge is 0.126 e. The average molecular weight is 288 g/mol. The van der Waals surface area contributed by atoms with Crippen molar-refractivity contribution in [3.8, 4) is 0 Å². The Morgan fingerprint density at radius 3 is 2.62 bits per heavy atom. The van der Waals surface area contributed by atoms with Gasteiger partial charge in [0, 0.05) is 11.0 Å². The lowest BCUT2D eigenvalue weighted by atomic mass is 9.97. The molecule has 1 aromatic rings. The highest BCUT2D eigenvalue weighted by Crippen LogP contribution is 2.16. The molecule has 0 radical (unpaired) electrons. The minimum Gasteiger partial charge on any atom is -0.316 e. The van der Waals surface area contributed by atoms with Crippen molar-refractivity contribution in [2.24, 2.45) is 5.41 Å². The van der Waals surface area contributed by atoms with Gasteiger partial charge in [0.2, 0.25) is 0 Å². The normalized spacial score (nSPS) is 11.8. The van der Waals surface area contributed by atoms with Gasteiger partial charge in [0.1, 0.15) is 5.82 Å². The van der Waals surface area contributed by atoms with Crippen LogP contribution in [0.25, 0.3) is 0 Å². The van der Waals surface area contributed by atoms with Crippen LogP contribution >= 0.6 is 15.9 Å². The van der Waals surface area contributed by atoms with Gasteiger partial charge in [0.15, 0.2) is 0 Å². The molecule has 0 unspecified atom stereocenters. The average Bonchev–Trinajstić information content (AvgIpc) is 2.16. The summed E-state index contributed by atoms with van der Waals surface area (Å²) in [6, 6.07) is 5.07. The van der Waals surface area contributed by atoms with Crippen molar-refractivity contribution in [1.82, 2.24) is 5.32 Å². The number of rotatable bonds is 4. The topological polar surface area (TPSA) is 12.0 Å². The van der Waals surface area contributed by atoms with Crippen LogP contribution < -0.4 is 5.32 Å². The highest BCUT2D eigenvalue weighted by Gasteiger charge is 2.09. The molecule has 0 aliphatic rings. The SMILES string of the molecule is CC(C)(C)CNCCc1cc(Br)ccc1F. The van der Waals surface area contributed by atoms with Gasteiger partial charge in [-0.2, -0.15) is 0 Å². The van der Waals surface area contributed by atoms with Gasteiger partial charge in [-0.3, -0.25) is 0 Å². The fraction of sp³-hybridized carbons (Fsp3) is 0.538. The Balaban J connectivity index is 2.40. The van der Waals surface area contributed by atoms with E-state index in [-0.39, 0.29) is 11.2 Å². The van der Waals surface area contributed by atoms with Crippen LogP contribution in [0.3, 0.4) is 0 Å². The third kappa shape index (κ3) is 5.08. The first-order valence-electron chi connectivity index (χ1n) is 5.53. The van der Waals surface area contributed by atoms with Gasteiger partial charge < -0.3 is 5.32 Å². The zero-order valence-corrected chi connectivity index (χ0v) is 11.7. The highest BCUT2D eigenvalue weighted by molar-refractivity contribution is 9.10. The van der Waals surface area contributed by atoms with E-state index < -0.39 is 0 Å². The molecule has 1 aromatic carbocycles. The van der Waals surface area contributed by atoms with Crippen LogP contribution in [0.4, 0.5) is 4.39 Å². The van der Waals surface area contributed by atoms with Gasteiger partial charge in [-0.25, -0.2) is 4.39 Å². The van der Waals surface area contributed by atoms with E-state index in [4.69, 9.17) is 0 Å². The maximum Gasteiger partial charge on any atom is 0.126 e. The molecular weight excluding hydrogens is 269 g/mol. The van der Waals surface area contributed by atoms with E-state index in [1.807, 2.05) is 6.07 Å². The summed E-state index contributed by atoms with van der Waals surface area (Å²) < 4.78 is 14.3. The van der Waals surface area contributed by atoms with Gasteiger partial charge >= 0.3 is 0 Å². The van der Waals surface area contributed by atoms with Gasteiger partial charge in [0.25, 0.3) is 0 Å². The van der Waals surface area contributed by atoms with E-state index in [9.17, 15) is 4.39 Å². The second-order valence-corrected chi connectivity index (χ2v) is 6.14. The first kappa shape index (κ1) is 13.7. The third-order valence-electron chi connectivity index (χ3n) is 2.23. The molecule has 1 rings (SSSR count). The van der Waals surface area contributed by atoms with E-state index in [1.165, 1.54) is 6.07 Å². The standard InChI is InChI=1S/C13H19BrFN/c1-13(2,3)9-16-7-6-10-8-11(14)4-5-12(10)15/h4-5,8,16H,6-7,9H2,1-3H3. The zero-order chi connectivity index (χ0) is 12.2. The van der Waals surface area contributed by atoms with Crippen molar-refractivity contribution in [2.75, 3.05) is 13.1 Å². The Bertz CT molecular complexity index is 344. The molecule has 1 nitrogen and oxygen atoms in total. The van der Waals surface area contributed by atoms with Crippen molar-refractivity contribution >= 4 is 15.9 Å². The van der Waals surface area contributed by atoms with Crippen molar-refractivity contribution in [3.05, 3.63) is 34.1 Å². The van der Waals surface area contributed by atoms with Gasteiger partial charge in [0.05, 0.1) is 0 Å². The second kappa shape index (κ2) is 5.78. The molecule has 0 aromatic heterocycles. The summed E-state index contributed by atoms with van der Waals surface area (Å²) >= 11 is 3.35. The lowest BCUT2D eigenvalue weighted by Crippen LogP contribution is -2.28. The Hall–Kier alpha value is -0.410. The molecule has 3 heteroatoms. The van der Waals surface area contributed by atoms with Crippen LogP contribution in [-0.4, -0.2) is 13.1 Å². The van der Waals surface area contributed by atoms with Gasteiger partial charge in [-0.1, -0.05) is 36.7 Å². The first-order chi connectivity index (χ1) is 7.38. The molecule has 0 saturated carbocycles. The second-order valence-electron chi connectivity index (χ2n) is 5.22. The summed E-state index contributed by atoms with van der Waals surface area (Å²) in [6.07, 6.45) is 0.724. The van der Waals surface area contributed by atoms with E-state index in [2.05, 4.69) is 42.0 Å². The third-order valence-corrected chi connectivity index (χ3v) is 2.73. The molecule has 0 spiro atoms. The predicted molar refractivity (Wildman–Crippen MR) is 70.1 cm³/mol. The van der Waals surface area contributed by atoms with Crippen LogP contribution in [0.15, 0.2) is 22.7 Å². The Labute approximate surface area is 106 Å².